The van der Waals surface area contributed by atoms with Crippen LogP contribution < -0.4 is 15.5 Å². The summed E-state index contributed by atoms with van der Waals surface area (Å²) in [5.74, 6) is -1.55. The van der Waals surface area contributed by atoms with Gasteiger partial charge in [0.25, 0.3) is 11.8 Å². The van der Waals surface area contributed by atoms with E-state index in [0.29, 0.717) is 16.9 Å². The number of anilines is 2. The SMILES string of the molecule is CCc1ccc(N2C(=O)NC(=O)/C(=C/c3cc(C)n(-c4ccc(NC(C)=O)cc4)c3C)C2=O)cc1. The minimum atomic E-state index is -0.772. The molecule has 0 radical (unpaired) electrons. The number of nitrogens with one attached hydrogen (secondary N) is 2. The van der Waals surface area contributed by atoms with Crippen molar-refractivity contribution in [3.8, 4) is 5.69 Å². The summed E-state index contributed by atoms with van der Waals surface area (Å²) >= 11 is 0. The number of hydrogen-bond donors (Lipinski definition) is 2. The standard InChI is InChI=1S/C27H26N4O4/c1-5-19-6-10-23(11-7-19)31-26(34)24(25(33)29-27(31)35)15-20-14-16(2)30(17(20)3)22-12-8-21(9-13-22)28-18(4)32/h6-15H,5H2,1-4H3,(H,28,32)(H,29,33,35)/b24-15-. The number of barbiturate groups is 1. The van der Waals surface area contributed by atoms with Crippen molar-refractivity contribution in [2.45, 2.75) is 34.1 Å². The van der Waals surface area contributed by atoms with Crippen LogP contribution in [0.2, 0.25) is 0 Å². The minimum Gasteiger partial charge on any atom is -0.326 e. The van der Waals surface area contributed by atoms with E-state index in [4.69, 9.17) is 0 Å². The van der Waals surface area contributed by atoms with Gasteiger partial charge in [-0.15, -0.1) is 0 Å². The zero-order valence-electron chi connectivity index (χ0n) is 20.0. The maximum Gasteiger partial charge on any atom is 0.335 e. The van der Waals surface area contributed by atoms with Gasteiger partial charge >= 0.3 is 6.03 Å². The molecule has 0 saturated carbocycles. The molecule has 0 spiro atoms. The van der Waals surface area contributed by atoms with Gasteiger partial charge in [-0.3, -0.25) is 19.7 Å². The van der Waals surface area contributed by atoms with Gasteiger partial charge in [0.05, 0.1) is 5.69 Å². The third-order valence-corrected chi connectivity index (χ3v) is 5.92. The van der Waals surface area contributed by atoms with Crippen molar-refractivity contribution in [1.29, 1.82) is 0 Å². The molecular formula is C27H26N4O4. The lowest BCUT2D eigenvalue weighted by molar-refractivity contribution is -0.122. The van der Waals surface area contributed by atoms with Crippen molar-refractivity contribution in [2.24, 2.45) is 0 Å². The van der Waals surface area contributed by atoms with Crippen LogP contribution in [0.25, 0.3) is 11.8 Å². The molecule has 1 aromatic heterocycles. The second-order valence-electron chi connectivity index (χ2n) is 8.37. The molecule has 1 aliphatic rings. The summed E-state index contributed by atoms with van der Waals surface area (Å²) in [6.45, 7) is 7.27. The molecule has 178 valence electrons. The van der Waals surface area contributed by atoms with Crippen molar-refractivity contribution in [2.75, 3.05) is 10.2 Å². The highest BCUT2D eigenvalue weighted by Gasteiger charge is 2.37. The minimum absolute atomic E-state index is 0.120. The number of nitrogens with zero attached hydrogens (tertiary/aromatic N) is 2. The number of imide groups is 2. The van der Waals surface area contributed by atoms with Gasteiger partial charge in [0, 0.05) is 29.7 Å². The Morgan fingerprint density at radius 1 is 0.971 bits per heavy atom. The summed E-state index contributed by atoms with van der Waals surface area (Å²) in [5.41, 5.74) is 5.30. The van der Waals surface area contributed by atoms with E-state index in [0.717, 1.165) is 34.0 Å². The maximum absolute atomic E-state index is 13.2. The molecule has 1 aliphatic heterocycles. The first kappa shape index (κ1) is 23.7. The second-order valence-corrected chi connectivity index (χ2v) is 8.37. The molecule has 5 amide bonds. The number of rotatable bonds is 5. The van der Waals surface area contributed by atoms with Crippen LogP contribution >= 0.6 is 0 Å². The predicted molar refractivity (Wildman–Crippen MR) is 134 cm³/mol. The zero-order valence-corrected chi connectivity index (χ0v) is 20.0. The first-order valence-corrected chi connectivity index (χ1v) is 11.3. The van der Waals surface area contributed by atoms with Crippen LogP contribution in [0.15, 0.2) is 60.2 Å². The molecule has 2 aromatic carbocycles. The van der Waals surface area contributed by atoms with E-state index < -0.39 is 17.8 Å². The summed E-state index contributed by atoms with van der Waals surface area (Å²) in [6, 6.07) is 15.6. The molecule has 0 aliphatic carbocycles. The van der Waals surface area contributed by atoms with Crippen LogP contribution in [0.4, 0.5) is 16.2 Å². The first-order chi connectivity index (χ1) is 16.7. The summed E-state index contributed by atoms with van der Waals surface area (Å²) in [7, 11) is 0. The van der Waals surface area contributed by atoms with Gasteiger partial charge in [-0.1, -0.05) is 19.1 Å². The summed E-state index contributed by atoms with van der Waals surface area (Å²) in [5, 5.41) is 5.01. The highest BCUT2D eigenvalue weighted by atomic mass is 16.2. The number of hydrogen-bond acceptors (Lipinski definition) is 4. The maximum atomic E-state index is 13.2. The van der Waals surface area contributed by atoms with Crippen LogP contribution in [-0.4, -0.2) is 28.3 Å². The predicted octanol–water partition coefficient (Wildman–Crippen LogP) is 4.28. The molecule has 8 heteroatoms. The lowest BCUT2D eigenvalue weighted by Crippen LogP contribution is -2.54. The normalized spacial score (nSPS) is 14.9. The van der Waals surface area contributed by atoms with E-state index in [-0.39, 0.29) is 11.5 Å². The molecule has 1 fully saturated rings. The fourth-order valence-electron chi connectivity index (χ4n) is 4.16. The molecule has 8 nitrogen and oxygen atoms in total. The Bertz CT molecular complexity index is 1370. The summed E-state index contributed by atoms with van der Waals surface area (Å²) in [4.78, 5) is 50.6. The number of urea groups is 1. The van der Waals surface area contributed by atoms with Gasteiger partial charge in [-0.2, -0.15) is 0 Å². The Labute approximate surface area is 203 Å². The van der Waals surface area contributed by atoms with Gasteiger partial charge in [0.2, 0.25) is 5.91 Å². The van der Waals surface area contributed by atoms with Gasteiger partial charge < -0.3 is 9.88 Å². The Morgan fingerprint density at radius 3 is 2.20 bits per heavy atom. The van der Waals surface area contributed by atoms with Crippen molar-refractivity contribution in [3.63, 3.8) is 0 Å². The van der Waals surface area contributed by atoms with Gasteiger partial charge in [-0.05, 0) is 79.9 Å². The Morgan fingerprint density at radius 2 is 1.60 bits per heavy atom. The van der Waals surface area contributed by atoms with Crippen molar-refractivity contribution >= 4 is 41.2 Å². The number of amides is 5. The van der Waals surface area contributed by atoms with E-state index in [1.807, 2.05) is 55.7 Å². The molecule has 3 aromatic rings. The third-order valence-electron chi connectivity index (χ3n) is 5.92. The largest absolute Gasteiger partial charge is 0.335 e. The number of aryl methyl sites for hydroxylation is 2. The monoisotopic (exact) mass is 470 g/mol. The second kappa shape index (κ2) is 9.42. The van der Waals surface area contributed by atoms with Crippen LogP contribution in [0, 0.1) is 13.8 Å². The molecule has 0 atom stereocenters. The number of carbonyl (C=O) groups excluding carboxylic acids is 4. The molecule has 35 heavy (non-hydrogen) atoms. The van der Waals surface area contributed by atoms with Crippen molar-refractivity contribution in [1.82, 2.24) is 9.88 Å². The lowest BCUT2D eigenvalue weighted by atomic mass is 10.1. The van der Waals surface area contributed by atoms with Gasteiger partial charge in [-0.25, -0.2) is 9.69 Å². The molecule has 2 heterocycles. The van der Waals surface area contributed by atoms with Gasteiger partial charge in [0.15, 0.2) is 0 Å². The average molecular weight is 471 g/mol. The smallest absolute Gasteiger partial charge is 0.326 e. The third kappa shape index (κ3) is 4.63. The Kier molecular flexibility index (Phi) is 6.38. The first-order valence-electron chi connectivity index (χ1n) is 11.3. The Balaban J connectivity index is 1.69. The van der Waals surface area contributed by atoms with E-state index >= 15 is 0 Å². The van der Waals surface area contributed by atoms with Crippen LogP contribution in [0.1, 0.15) is 36.4 Å². The van der Waals surface area contributed by atoms with E-state index in [1.165, 1.54) is 13.0 Å². The number of carbonyl (C=O) groups is 4. The van der Waals surface area contributed by atoms with Crippen LogP contribution in [0.3, 0.4) is 0 Å². The zero-order chi connectivity index (χ0) is 25.3. The number of aromatic nitrogens is 1. The quantitative estimate of drug-likeness (QED) is 0.429. The molecule has 4 rings (SSSR count). The summed E-state index contributed by atoms with van der Waals surface area (Å²) in [6.07, 6.45) is 2.34. The molecule has 0 bridgehead atoms. The molecule has 2 N–H and O–H groups in total. The molecule has 0 unspecified atom stereocenters. The van der Waals surface area contributed by atoms with Gasteiger partial charge in [0.1, 0.15) is 5.57 Å². The fraction of sp³-hybridized carbons (Fsp3) is 0.185. The van der Waals surface area contributed by atoms with E-state index in [2.05, 4.69) is 10.6 Å². The fourth-order valence-corrected chi connectivity index (χ4v) is 4.16. The Hall–Kier alpha value is -4.46. The van der Waals surface area contributed by atoms with Crippen LogP contribution in [0.5, 0.6) is 0 Å². The van der Waals surface area contributed by atoms with E-state index in [1.54, 1.807) is 24.3 Å². The van der Waals surface area contributed by atoms with Crippen LogP contribution in [-0.2, 0) is 20.8 Å². The van der Waals surface area contributed by atoms with Crippen molar-refractivity contribution in [3.05, 3.63) is 82.7 Å². The average Bonchev–Trinajstić information content (AvgIpc) is 3.10. The topological polar surface area (TPSA) is 101 Å². The number of benzene rings is 2. The summed E-state index contributed by atoms with van der Waals surface area (Å²) < 4.78 is 1.99. The molecular weight excluding hydrogens is 444 g/mol. The molecule has 1 saturated heterocycles. The lowest BCUT2D eigenvalue weighted by Gasteiger charge is -2.26. The van der Waals surface area contributed by atoms with Crippen molar-refractivity contribution < 1.29 is 19.2 Å². The highest BCUT2D eigenvalue weighted by Crippen LogP contribution is 2.27. The highest BCUT2D eigenvalue weighted by molar-refractivity contribution is 6.39. The van der Waals surface area contributed by atoms with E-state index in [9.17, 15) is 19.2 Å².